The van der Waals surface area contributed by atoms with Gasteiger partial charge < -0.3 is 19.5 Å². The van der Waals surface area contributed by atoms with Crippen molar-refractivity contribution in [3.05, 3.63) is 36.4 Å². The molecular formula is C16H21NO5. The Morgan fingerprint density at radius 2 is 2.05 bits per heavy atom. The van der Waals surface area contributed by atoms with Crippen LogP contribution in [0.1, 0.15) is 24.2 Å². The van der Waals surface area contributed by atoms with Crippen LogP contribution in [0.15, 0.2) is 30.9 Å². The number of methoxy groups -OCH3 is 1. The molecule has 1 N–H and O–H groups in total. The first-order chi connectivity index (χ1) is 10.4. The highest BCUT2D eigenvalue weighted by Crippen LogP contribution is 2.28. The number of aliphatic carboxylic acids is 1. The lowest BCUT2D eigenvalue weighted by Gasteiger charge is -2.25. The first-order valence-electron chi connectivity index (χ1n) is 6.85. The molecule has 1 aromatic rings. The van der Waals surface area contributed by atoms with Crippen LogP contribution in [0.2, 0.25) is 0 Å². The molecule has 0 fully saturated rings. The summed E-state index contributed by atoms with van der Waals surface area (Å²) in [5.74, 6) is -0.522. The Kier molecular flexibility index (Phi) is 6.44. The molecule has 6 nitrogen and oxygen atoms in total. The van der Waals surface area contributed by atoms with Gasteiger partial charge >= 0.3 is 5.97 Å². The molecule has 1 amide bonds. The Hall–Kier alpha value is -2.50. The number of hydrogen-bond donors (Lipinski definition) is 1. The van der Waals surface area contributed by atoms with Crippen molar-refractivity contribution in [2.24, 2.45) is 0 Å². The quantitative estimate of drug-likeness (QED) is 0.745. The van der Waals surface area contributed by atoms with E-state index in [1.807, 2.05) is 0 Å². The third-order valence-electron chi connectivity index (χ3n) is 2.96. The van der Waals surface area contributed by atoms with E-state index in [1.165, 1.54) is 18.1 Å². The first kappa shape index (κ1) is 17.6. The predicted octanol–water partition coefficient (Wildman–Crippen LogP) is 2.20. The van der Waals surface area contributed by atoms with Gasteiger partial charge in [-0.05, 0) is 32.0 Å². The van der Waals surface area contributed by atoms with Gasteiger partial charge in [-0.3, -0.25) is 9.59 Å². The Morgan fingerprint density at radius 1 is 1.36 bits per heavy atom. The Bertz CT molecular complexity index is 553. The fourth-order valence-corrected chi connectivity index (χ4v) is 1.87. The Balaban J connectivity index is 3.06. The fraction of sp³-hybridized carbons (Fsp3) is 0.375. The summed E-state index contributed by atoms with van der Waals surface area (Å²) in [5.41, 5.74) is 0.345. The number of carboxylic acid groups (broad SMARTS) is 1. The summed E-state index contributed by atoms with van der Waals surface area (Å²) in [6.07, 6.45) is 1.60. The van der Waals surface area contributed by atoms with E-state index in [0.29, 0.717) is 23.7 Å². The monoisotopic (exact) mass is 307 g/mol. The average Bonchev–Trinajstić information content (AvgIpc) is 2.49. The number of carboxylic acids is 1. The molecule has 1 rings (SSSR count). The Morgan fingerprint density at radius 3 is 2.55 bits per heavy atom. The zero-order valence-corrected chi connectivity index (χ0v) is 13.0. The van der Waals surface area contributed by atoms with Crippen LogP contribution in [0, 0.1) is 0 Å². The number of amides is 1. The normalized spacial score (nSPS) is 10.2. The summed E-state index contributed by atoms with van der Waals surface area (Å²) < 4.78 is 10.6. The van der Waals surface area contributed by atoms with Crippen molar-refractivity contribution in [3.63, 3.8) is 0 Å². The lowest BCUT2D eigenvalue weighted by atomic mass is 10.1. The second-order valence-electron chi connectivity index (χ2n) is 4.89. The van der Waals surface area contributed by atoms with Crippen molar-refractivity contribution >= 4 is 11.9 Å². The summed E-state index contributed by atoms with van der Waals surface area (Å²) in [4.78, 5) is 24.6. The van der Waals surface area contributed by atoms with Gasteiger partial charge in [0.05, 0.1) is 7.11 Å². The summed E-state index contributed by atoms with van der Waals surface area (Å²) >= 11 is 0. The minimum Gasteiger partial charge on any atom is -0.493 e. The van der Waals surface area contributed by atoms with Crippen molar-refractivity contribution in [2.45, 2.75) is 19.9 Å². The molecule has 0 saturated carbocycles. The minimum absolute atomic E-state index is 0.230. The smallest absolute Gasteiger partial charge is 0.323 e. The van der Waals surface area contributed by atoms with Crippen LogP contribution in [-0.4, -0.2) is 48.2 Å². The van der Waals surface area contributed by atoms with Crippen molar-refractivity contribution in [2.75, 3.05) is 20.3 Å². The maximum absolute atomic E-state index is 12.5. The molecule has 0 spiro atoms. The number of hydrogen-bond acceptors (Lipinski definition) is 4. The molecule has 0 aliphatic rings. The molecule has 0 radical (unpaired) electrons. The van der Waals surface area contributed by atoms with Crippen LogP contribution in [0.3, 0.4) is 0 Å². The molecular weight excluding hydrogens is 286 g/mol. The van der Waals surface area contributed by atoms with Gasteiger partial charge in [-0.2, -0.15) is 0 Å². The van der Waals surface area contributed by atoms with Crippen LogP contribution < -0.4 is 9.47 Å². The molecule has 0 aliphatic carbocycles. The number of nitrogens with zero attached hydrogens (tertiary/aromatic N) is 1. The largest absolute Gasteiger partial charge is 0.493 e. The SMILES string of the molecule is C=CCOc1ccc(C(=O)N(CC(=O)O)C(C)C)cc1OC. The van der Waals surface area contributed by atoms with Crippen LogP contribution in [0.4, 0.5) is 0 Å². The minimum atomic E-state index is -1.06. The van der Waals surface area contributed by atoms with E-state index in [-0.39, 0.29) is 18.5 Å². The molecule has 0 aliphatic heterocycles. The van der Waals surface area contributed by atoms with E-state index < -0.39 is 5.97 Å². The van der Waals surface area contributed by atoms with Gasteiger partial charge in [0, 0.05) is 11.6 Å². The van der Waals surface area contributed by atoms with Gasteiger partial charge in [0.15, 0.2) is 11.5 Å². The number of carbonyl (C=O) groups is 2. The highest BCUT2D eigenvalue weighted by Gasteiger charge is 2.22. The zero-order chi connectivity index (χ0) is 16.7. The highest BCUT2D eigenvalue weighted by molar-refractivity contribution is 5.96. The van der Waals surface area contributed by atoms with E-state index in [0.717, 1.165) is 0 Å². The van der Waals surface area contributed by atoms with Crippen molar-refractivity contribution in [3.8, 4) is 11.5 Å². The maximum Gasteiger partial charge on any atom is 0.323 e. The summed E-state index contributed by atoms with van der Waals surface area (Å²) in [7, 11) is 1.47. The van der Waals surface area contributed by atoms with E-state index in [2.05, 4.69) is 6.58 Å². The molecule has 0 aromatic heterocycles. The third-order valence-corrected chi connectivity index (χ3v) is 2.96. The summed E-state index contributed by atoms with van der Waals surface area (Å²) in [5, 5.41) is 8.92. The predicted molar refractivity (Wildman–Crippen MR) is 82.5 cm³/mol. The number of carbonyl (C=O) groups excluding carboxylic acids is 1. The third kappa shape index (κ3) is 4.51. The van der Waals surface area contributed by atoms with Crippen LogP contribution >= 0.6 is 0 Å². The number of ether oxygens (including phenoxy) is 2. The van der Waals surface area contributed by atoms with Crippen LogP contribution in [0.25, 0.3) is 0 Å². The molecule has 1 aromatic carbocycles. The van der Waals surface area contributed by atoms with Gasteiger partial charge in [0.1, 0.15) is 13.2 Å². The van der Waals surface area contributed by atoms with Gasteiger partial charge in [0.2, 0.25) is 0 Å². The molecule has 6 heteroatoms. The summed E-state index contributed by atoms with van der Waals surface area (Å²) in [6.45, 7) is 7.06. The van der Waals surface area contributed by atoms with Crippen molar-refractivity contribution < 1.29 is 24.2 Å². The van der Waals surface area contributed by atoms with Gasteiger partial charge in [-0.25, -0.2) is 0 Å². The molecule has 0 heterocycles. The molecule has 0 bridgehead atoms. The van der Waals surface area contributed by atoms with Crippen LogP contribution in [0.5, 0.6) is 11.5 Å². The van der Waals surface area contributed by atoms with Gasteiger partial charge in [-0.1, -0.05) is 12.7 Å². The maximum atomic E-state index is 12.5. The number of benzene rings is 1. The standard InChI is InChI=1S/C16H21NO5/c1-5-8-22-13-7-6-12(9-14(13)21-4)16(20)17(11(2)3)10-15(18)19/h5-7,9,11H,1,8,10H2,2-4H3,(H,18,19). The topological polar surface area (TPSA) is 76.1 Å². The fourth-order valence-electron chi connectivity index (χ4n) is 1.87. The molecule has 0 unspecified atom stereocenters. The Labute approximate surface area is 129 Å². The van der Waals surface area contributed by atoms with Crippen LogP contribution in [-0.2, 0) is 4.79 Å². The lowest BCUT2D eigenvalue weighted by Crippen LogP contribution is -2.40. The highest BCUT2D eigenvalue weighted by atomic mass is 16.5. The zero-order valence-electron chi connectivity index (χ0n) is 13.0. The van der Waals surface area contributed by atoms with Gasteiger partial charge in [-0.15, -0.1) is 0 Å². The van der Waals surface area contributed by atoms with E-state index in [1.54, 1.807) is 32.1 Å². The average molecular weight is 307 g/mol. The number of rotatable bonds is 8. The molecule has 120 valence electrons. The second kappa shape index (κ2) is 8.07. The first-order valence-corrected chi connectivity index (χ1v) is 6.85. The molecule has 0 saturated heterocycles. The van der Waals surface area contributed by atoms with E-state index in [4.69, 9.17) is 14.6 Å². The molecule has 22 heavy (non-hydrogen) atoms. The second-order valence-corrected chi connectivity index (χ2v) is 4.89. The summed E-state index contributed by atoms with van der Waals surface area (Å²) in [6, 6.07) is 4.51. The van der Waals surface area contributed by atoms with Gasteiger partial charge in [0.25, 0.3) is 5.91 Å². The van der Waals surface area contributed by atoms with Crippen molar-refractivity contribution in [1.29, 1.82) is 0 Å². The van der Waals surface area contributed by atoms with Crippen molar-refractivity contribution in [1.82, 2.24) is 4.90 Å². The molecule has 0 atom stereocenters. The van der Waals surface area contributed by atoms with E-state index in [9.17, 15) is 9.59 Å². The lowest BCUT2D eigenvalue weighted by molar-refractivity contribution is -0.138. The van der Waals surface area contributed by atoms with E-state index >= 15 is 0 Å².